The van der Waals surface area contributed by atoms with Crippen LogP contribution in [0.15, 0.2) is 24.3 Å². The lowest BCUT2D eigenvalue weighted by atomic mass is 10.0. The van der Waals surface area contributed by atoms with Crippen molar-refractivity contribution in [2.45, 2.75) is 39.3 Å². The van der Waals surface area contributed by atoms with Crippen molar-refractivity contribution < 1.29 is 5.11 Å². The lowest BCUT2D eigenvalue weighted by molar-refractivity contribution is 0.198. The summed E-state index contributed by atoms with van der Waals surface area (Å²) in [6, 6.07) is 8.65. The van der Waals surface area contributed by atoms with Crippen LogP contribution in [0, 0.1) is 5.92 Å². The first-order valence-corrected chi connectivity index (χ1v) is 7.36. The SMILES string of the molecule is CC(C)CN1CCC(Nc2cccc(CO)c2)CC1. The molecule has 0 saturated carbocycles. The Bertz CT molecular complexity index is 384. The molecule has 0 bridgehead atoms. The zero-order chi connectivity index (χ0) is 13.7. The number of rotatable bonds is 5. The van der Waals surface area contributed by atoms with E-state index in [1.54, 1.807) is 0 Å². The van der Waals surface area contributed by atoms with Crippen LogP contribution in [0.1, 0.15) is 32.3 Å². The maximum atomic E-state index is 9.15. The number of aliphatic hydroxyl groups is 1. The molecule has 1 aliphatic heterocycles. The molecule has 19 heavy (non-hydrogen) atoms. The molecule has 0 aliphatic carbocycles. The van der Waals surface area contributed by atoms with Crippen molar-refractivity contribution in [2.24, 2.45) is 5.92 Å². The first-order valence-electron chi connectivity index (χ1n) is 7.36. The van der Waals surface area contributed by atoms with E-state index in [4.69, 9.17) is 5.11 Å². The van der Waals surface area contributed by atoms with Gasteiger partial charge in [-0.15, -0.1) is 0 Å². The van der Waals surface area contributed by atoms with Crippen LogP contribution in [-0.4, -0.2) is 35.7 Å². The smallest absolute Gasteiger partial charge is 0.0682 e. The highest BCUT2D eigenvalue weighted by atomic mass is 16.3. The maximum Gasteiger partial charge on any atom is 0.0682 e. The molecule has 0 aromatic heterocycles. The number of hydrogen-bond acceptors (Lipinski definition) is 3. The Kier molecular flexibility index (Phi) is 5.23. The molecule has 0 unspecified atom stereocenters. The second kappa shape index (κ2) is 6.92. The van der Waals surface area contributed by atoms with E-state index >= 15 is 0 Å². The number of nitrogens with zero attached hydrogens (tertiary/aromatic N) is 1. The zero-order valence-electron chi connectivity index (χ0n) is 12.1. The highest BCUT2D eigenvalue weighted by Gasteiger charge is 2.19. The summed E-state index contributed by atoms with van der Waals surface area (Å²) in [6.07, 6.45) is 2.41. The van der Waals surface area contributed by atoms with Gasteiger partial charge in [0.25, 0.3) is 0 Å². The van der Waals surface area contributed by atoms with Gasteiger partial charge in [-0.25, -0.2) is 0 Å². The van der Waals surface area contributed by atoms with Gasteiger partial charge in [0.2, 0.25) is 0 Å². The zero-order valence-corrected chi connectivity index (χ0v) is 12.1. The van der Waals surface area contributed by atoms with Crippen molar-refractivity contribution in [3.63, 3.8) is 0 Å². The van der Waals surface area contributed by atoms with Crippen LogP contribution < -0.4 is 5.32 Å². The molecular weight excluding hydrogens is 236 g/mol. The van der Waals surface area contributed by atoms with Gasteiger partial charge in [0.05, 0.1) is 6.61 Å². The average Bonchev–Trinajstić information content (AvgIpc) is 2.41. The minimum atomic E-state index is 0.113. The van der Waals surface area contributed by atoms with Crippen molar-refractivity contribution in [3.05, 3.63) is 29.8 Å². The third-order valence-electron chi connectivity index (χ3n) is 3.69. The molecule has 2 N–H and O–H groups in total. The van der Waals surface area contributed by atoms with E-state index in [9.17, 15) is 0 Å². The molecule has 3 heteroatoms. The van der Waals surface area contributed by atoms with E-state index in [0.717, 1.165) is 17.2 Å². The molecule has 1 saturated heterocycles. The third-order valence-corrected chi connectivity index (χ3v) is 3.69. The van der Waals surface area contributed by atoms with Gasteiger partial charge in [0.15, 0.2) is 0 Å². The van der Waals surface area contributed by atoms with Crippen LogP contribution in [0.25, 0.3) is 0 Å². The number of hydrogen-bond donors (Lipinski definition) is 2. The summed E-state index contributed by atoms with van der Waals surface area (Å²) in [5.41, 5.74) is 2.11. The normalized spacial score (nSPS) is 17.9. The molecule has 1 aromatic rings. The Hall–Kier alpha value is -1.06. The van der Waals surface area contributed by atoms with Gasteiger partial charge in [-0.3, -0.25) is 0 Å². The largest absolute Gasteiger partial charge is 0.392 e. The number of aliphatic hydroxyl groups excluding tert-OH is 1. The van der Waals surface area contributed by atoms with E-state index in [-0.39, 0.29) is 6.61 Å². The van der Waals surface area contributed by atoms with Crippen LogP contribution in [0.3, 0.4) is 0 Å². The lowest BCUT2D eigenvalue weighted by Crippen LogP contribution is -2.40. The molecule has 0 atom stereocenters. The van der Waals surface area contributed by atoms with Gasteiger partial charge in [-0.1, -0.05) is 26.0 Å². The molecule has 1 aromatic carbocycles. The Morgan fingerprint density at radius 2 is 2.05 bits per heavy atom. The van der Waals surface area contributed by atoms with Gasteiger partial charge >= 0.3 is 0 Å². The minimum absolute atomic E-state index is 0.113. The monoisotopic (exact) mass is 262 g/mol. The molecule has 1 heterocycles. The molecule has 3 nitrogen and oxygen atoms in total. The van der Waals surface area contributed by atoms with E-state index in [1.165, 1.54) is 32.5 Å². The second-order valence-corrected chi connectivity index (χ2v) is 5.97. The number of piperidine rings is 1. The molecule has 1 fully saturated rings. The molecule has 2 rings (SSSR count). The fourth-order valence-corrected chi connectivity index (χ4v) is 2.77. The Labute approximate surface area is 116 Å². The summed E-state index contributed by atoms with van der Waals surface area (Å²) in [5.74, 6) is 0.755. The van der Waals surface area contributed by atoms with Crippen LogP contribution in [0.4, 0.5) is 5.69 Å². The van der Waals surface area contributed by atoms with Crippen molar-refractivity contribution >= 4 is 5.69 Å². The first-order chi connectivity index (χ1) is 9.17. The van der Waals surface area contributed by atoms with Gasteiger partial charge in [-0.05, 0) is 36.5 Å². The quantitative estimate of drug-likeness (QED) is 0.856. The van der Waals surface area contributed by atoms with Crippen molar-refractivity contribution in [3.8, 4) is 0 Å². The molecular formula is C16H26N2O. The van der Waals surface area contributed by atoms with Crippen LogP contribution >= 0.6 is 0 Å². The predicted molar refractivity (Wildman–Crippen MR) is 80.3 cm³/mol. The van der Waals surface area contributed by atoms with Gasteiger partial charge in [0.1, 0.15) is 0 Å². The molecule has 106 valence electrons. The standard InChI is InChI=1S/C16H26N2O/c1-13(2)11-18-8-6-15(7-9-18)17-16-5-3-4-14(10-16)12-19/h3-5,10,13,15,17,19H,6-9,11-12H2,1-2H3. The van der Waals surface area contributed by atoms with Crippen molar-refractivity contribution in [2.75, 3.05) is 25.0 Å². The van der Waals surface area contributed by atoms with Crippen LogP contribution in [0.5, 0.6) is 0 Å². The summed E-state index contributed by atoms with van der Waals surface area (Å²) < 4.78 is 0. The van der Waals surface area contributed by atoms with E-state index in [1.807, 2.05) is 18.2 Å². The van der Waals surface area contributed by atoms with E-state index in [0.29, 0.717) is 6.04 Å². The van der Waals surface area contributed by atoms with Gasteiger partial charge in [-0.2, -0.15) is 0 Å². The number of nitrogens with one attached hydrogen (secondary N) is 1. The maximum absolute atomic E-state index is 9.15. The summed E-state index contributed by atoms with van der Waals surface area (Å²) in [5, 5.41) is 12.7. The third kappa shape index (κ3) is 4.51. The van der Waals surface area contributed by atoms with Crippen molar-refractivity contribution in [1.82, 2.24) is 4.90 Å². The molecule has 1 aliphatic rings. The number of benzene rings is 1. The first kappa shape index (κ1) is 14.4. The highest BCUT2D eigenvalue weighted by molar-refractivity contribution is 5.46. The summed E-state index contributed by atoms with van der Waals surface area (Å²) >= 11 is 0. The summed E-state index contributed by atoms with van der Waals surface area (Å²) in [6.45, 7) is 8.27. The van der Waals surface area contributed by atoms with E-state index < -0.39 is 0 Å². The molecule has 0 spiro atoms. The minimum Gasteiger partial charge on any atom is -0.392 e. The second-order valence-electron chi connectivity index (χ2n) is 5.97. The molecule has 0 radical (unpaired) electrons. The summed E-state index contributed by atoms with van der Waals surface area (Å²) in [7, 11) is 0. The highest BCUT2D eigenvalue weighted by Crippen LogP contribution is 2.18. The predicted octanol–water partition coefficient (Wildman–Crippen LogP) is 2.71. The van der Waals surface area contributed by atoms with Gasteiger partial charge in [0, 0.05) is 31.4 Å². The fourth-order valence-electron chi connectivity index (χ4n) is 2.77. The van der Waals surface area contributed by atoms with Gasteiger partial charge < -0.3 is 15.3 Å². The fraction of sp³-hybridized carbons (Fsp3) is 0.625. The summed E-state index contributed by atoms with van der Waals surface area (Å²) in [4.78, 5) is 2.56. The Morgan fingerprint density at radius 1 is 1.32 bits per heavy atom. The Morgan fingerprint density at radius 3 is 2.68 bits per heavy atom. The average molecular weight is 262 g/mol. The number of likely N-dealkylation sites (tertiary alicyclic amines) is 1. The number of anilines is 1. The molecule has 0 amide bonds. The van der Waals surface area contributed by atoms with Crippen LogP contribution in [0.2, 0.25) is 0 Å². The van der Waals surface area contributed by atoms with Crippen molar-refractivity contribution in [1.29, 1.82) is 0 Å². The topological polar surface area (TPSA) is 35.5 Å². The lowest BCUT2D eigenvalue weighted by Gasteiger charge is -2.33. The van der Waals surface area contributed by atoms with Crippen LogP contribution in [-0.2, 0) is 6.61 Å². The van der Waals surface area contributed by atoms with E-state index in [2.05, 4.69) is 30.1 Å². The Balaban J connectivity index is 1.81.